The van der Waals surface area contributed by atoms with Crippen LogP contribution in [0.5, 0.6) is 0 Å². The molecule has 0 aromatic heterocycles. The van der Waals surface area contributed by atoms with Gasteiger partial charge in [-0.25, -0.2) is 0 Å². The first-order chi connectivity index (χ1) is 6.83. The minimum absolute atomic E-state index is 0. The fourth-order valence-electron chi connectivity index (χ4n) is 0.664. The van der Waals surface area contributed by atoms with E-state index in [1.165, 1.54) is 6.92 Å². The number of rotatable bonds is 8. The third-order valence-electron chi connectivity index (χ3n) is 1.41. The molecule has 0 spiro atoms. The Morgan fingerprint density at radius 1 is 1.12 bits per heavy atom. The summed E-state index contributed by atoms with van der Waals surface area (Å²) < 4.78 is 47.9. The van der Waals surface area contributed by atoms with E-state index in [9.17, 15) is 16.8 Å². The van der Waals surface area contributed by atoms with Gasteiger partial charge in [-0.1, -0.05) is 0 Å². The average molecular weight is 284 g/mol. The predicted molar refractivity (Wildman–Crippen MR) is 63.4 cm³/mol. The van der Waals surface area contributed by atoms with E-state index >= 15 is 0 Å². The van der Waals surface area contributed by atoms with Gasteiger partial charge >= 0.3 is 29.6 Å². The molecule has 0 rings (SSSR count). The summed E-state index contributed by atoms with van der Waals surface area (Å²) in [7, 11) is -7.98. The molecule has 0 heterocycles. The molecule has 94 valence electrons. The molecule has 0 aliphatic carbocycles. The van der Waals surface area contributed by atoms with E-state index in [1.54, 1.807) is 0 Å². The number of hydrogen-bond acceptors (Lipinski definition) is 7. The molecule has 0 unspecified atom stereocenters. The molecule has 16 heavy (non-hydrogen) atoms. The van der Waals surface area contributed by atoms with Gasteiger partial charge in [0, 0.05) is 19.6 Å². The number of hydrogen-bond donors (Lipinski definition) is 2. The molecular formula is C6H17N2NaO5S2. The van der Waals surface area contributed by atoms with E-state index in [0.29, 0.717) is 13.1 Å². The van der Waals surface area contributed by atoms with Gasteiger partial charge in [-0.05, 0) is 6.92 Å². The first-order valence-corrected chi connectivity index (χ1v) is 7.55. The second kappa shape index (κ2) is 8.81. The summed E-state index contributed by atoms with van der Waals surface area (Å²) in [5.41, 5.74) is 5.16. The van der Waals surface area contributed by atoms with Crippen molar-refractivity contribution in [3.63, 3.8) is 0 Å². The third kappa shape index (κ3) is 9.97. The summed E-state index contributed by atoms with van der Waals surface area (Å²) in [5.74, 6) is -0.769. The van der Waals surface area contributed by atoms with Gasteiger partial charge in [0.2, 0.25) is 0 Å². The molecule has 0 aliphatic heterocycles. The minimum atomic E-state index is -4.02. The zero-order chi connectivity index (χ0) is 11.9. The Morgan fingerprint density at radius 3 is 2.12 bits per heavy atom. The molecular weight excluding hydrogens is 267 g/mol. The maximum atomic E-state index is 11.1. The van der Waals surface area contributed by atoms with Crippen molar-refractivity contribution in [2.75, 3.05) is 31.1 Å². The van der Waals surface area contributed by atoms with Crippen LogP contribution in [0.1, 0.15) is 6.92 Å². The van der Waals surface area contributed by atoms with Crippen molar-refractivity contribution in [2.45, 2.75) is 6.92 Å². The molecule has 10 heteroatoms. The zero-order valence-corrected chi connectivity index (χ0v) is 10.1. The van der Waals surface area contributed by atoms with Crippen molar-refractivity contribution >= 4 is 49.8 Å². The quantitative estimate of drug-likeness (QED) is 0.376. The SMILES string of the molecule is CCS(=O)(=O)OS(=O)(=O)CCNCCN.[NaH]. The second-order valence-corrected chi connectivity index (χ2v) is 6.48. The number of nitrogens with two attached hydrogens (primary N) is 1. The van der Waals surface area contributed by atoms with Gasteiger partial charge < -0.3 is 11.1 Å². The van der Waals surface area contributed by atoms with E-state index in [-0.39, 0.29) is 41.9 Å². The average Bonchev–Trinajstić information content (AvgIpc) is 2.11. The van der Waals surface area contributed by atoms with Gasteiger partial charge in [0.15, 0.2) is 0 Å². The topological polar surface area (TPSA) is 116 Å². The van der Waals surface area contributed by atoms with E-state index in [2.05, 4.69) is 8.95 Å². The predicted octanol–water partition coefficient (Wildman–Crippen LogP) is -2.42. The van der Waals surface area contributed by atoms with Crippen molar-refractivity contribution in [3.8, 4) is 0 Å². The van der Waals surface area contributed by atoms with Crippen LogP contribution in [-0.2, 0) is 23.9 Å². The van der Waals surface area contributed by atoms with Gasteiger partial charge in [-0.3, -0.25) is 0 Å². The van der Waals surface area contributed by atoms with Crippen LogP contribution in [-0.4, -0.2) is 77.5 Å². The molecule has 0 aromatic carbocycles. The van der Waals surface area contributed by atoms with Crippen molar-refractivity contribution in [2.24, 2.45) is 5.73 Å². The normalized spacial score (nSPS) is 12.1. The molecule has 0 saturated carbocycles. The molecule has 0 amide bonds. The fourth-order valence-corrected chi connectivity index (χ4v) is 2.98. The zero-order valence-electron chi connectivity index (χ0n) is 8.47. The van der Waals surface area contributed by atoms with Crippen molar-refractivity contribution < 1.29 is 20.5 Å². The summed E-state index contributed by atoms with van der Waals surface area (Å²) in [6.07, 6.45) is 0. The van der Waals surface area contributed by atoms with E-state index in [4.69, 9.17) is 5.73 Å². The van der Waals surface area contributed by atoms with Gasteiger partial charge in [-0.15, -0.1) is 3.63 Å². The molecule has 0 atom stereocenters. The molecule has 0 aliphatic rings. The first-order valence-electron chi connectivity index (χ1n) is 4.40. The van der Waals surface area contributed by atoms with Crippen LogP contribution in [0.2, 0.25) is 0 Å². The molecule has 0 aromatic rings. The van der Waals surface area contributed by atoms with E-state index in [1.807, 2.05) is 0 Å². The first kappa shape index (κ1) is 19.1. The summed E-state index contributed by atoms with van der Waals surface area (Å²) >= 11 is 0. The molecule has 0 bridgehead atoms. The van der Waals surface area contributed by atoms with E-state index in [0.717, 1.165) is 0 Å². The van der Waals surface area contributed by atoms with Crippen molar-refractivity contribution in [3.05, 3.63) is 0 Å². The van der Waals surface area contributed by atoms with Gasteiger partial charge in [0.1, 0.15) is 0 Å². The van der Waals surface area contributed by atoms with Crippen molar-refractivity contribution in [1.29, 1.82) is 0 Å². The fraction of sp³-hybridized carbons (Fsp3) is 1.00. The molecule has 0 radical (unpaired) electrons. The van der Waals surface area contributed by atoms with Crippen LogP contribution in [0.3, 0.4) is 0 Å². The third-order valence-corrected chi connectivity index (χ3v) is 4.48. The summed E-state index contributed by atoms with van der Waals surface area (Å²) in [4.78, 5) is 0. The van der Waals surface area contributed by atoms with Gasteiger partial charge in [-0.2, -0.15) is 16.8 Å². The van der Waals surface area contributed by atoms with Crippen LogP contribution in [0.15, 0.2) is 0 Å². The standard InChI is InChI=1S/C6H16N2O5S2.Na.H/c1-2-14(9,10)13-15(11,12)6-5-8-4-3-7;;/h8H,2-7H2,1H3;;. The summed E-state index contributed by atoms with van der Waals surface area (Å²) in [6.45, 7) is 2.26. The molecule has 7 nitrogen and oxygen atoms in total. The van der Waals surface area contributed by atoms with Gasteiger partial charge in [0.05, 0.1) is 11.5 Å². The Morgan fingerprint density at radius 2 is 1.69 bits per heavy atom. The monoisotopic (exact) mass is 284 g/mol. The van der Waals surface area contributed by atoms with Crippen LogP contribution in [0.4, 0.5) is 0 Å². The summed E-state index contributed by atoms with van der Waals surface area (Å²) in [6, 6.07) is 0. The second-order valence-electron chi connectivity index (χ2n) is 2.71. The Bertz CT molecular complexity index is 366. The Kier molecular flexibility index (Phi) is 10.5. The van der Waals surface area contributed by atoms with Crippen LogP contribution in [0, 0.1) is 0 Å². The van der Waals surface area contributed by atoms with Crippen LogP contribution in [0.25, 0.3) is 0 Å². The van der Waals surface area contributed by atoms with Crippen molar-refractivity contribution in [1.82, 2.24) is 5.32 Å². The maximum absolute atomic E-state index is 11.1. The molecule has 0 saturated heterocycles. The molecule has 0 fully saturated rings. The molecule has 3 N–H and O–H groups in total. The summed E-state index contributed by atoms with van der Waals surface area (Å²) in [5, 5.41) is 2.72. The van der Waals surface area contributed by atoms with Crippen LogP contribution >= 0.6 is 0 Å². The Hall–Kier alpha value is 0.780. The van der Waals surface area contributed by atoms with E-state index < -0.39 is 26.0 Å². The van der Waals surface area contributed by atoms with Crippen LogP contribution < -0.4 is 11.1 Å². The van der Waals surface area contributed by atoms with Gasteiger partial charge in [0.25, 0.3) is 20.2 Å². The number of nitrogens with one attached hydrogen (secondary N) is 1. The Labute approximate surface area is 119 Å². The Balaban J connectivity index is 0.